The maximum atomic E-state index is 4.20. The Morgan fingerprint density at radius 3 is 3.00 bits per heavy atom. The zero-order valence-corrected chi connectivity index (χ0v) is 7.87. The molecule has 0 bridgehead atoms. The van der Waals surface area contributed by atoms with E-state index < -0.39 is 0 Å². The normalized spacial score (nSPS) is 15.7. The Morgan fingerprint density at radius 1 is 1.38 bits per heavy atom. The number of nitrogens with zero attached hydrogens (tertiary/aromatic N) is 1. The summed E-state index contributed by atoms with van der Waals surface area (Å²) in [5.41, 5.74) is 0. The molecule has 13 heavy (non-hydrogen) atoms. The minimum Gasteiger partial charge on any atom is -0.370 e. The zero-order chi connectivity index (χ0) is 8.93. The Hall–Kier alpha value is -1.05. The third-order valence-electron chi connectivity index (χ3n) is 2.46. The van der Waals surface area contributed by atoms with Crippen LogP contribution in [0, 0.1) is 5.92 Å². The highest BCUT2D eigenvalue weighted by Crippen LogP contribution is 2.33. The van der Waals surface area contributed by atoms with Crippen molar-refractivity contribution in [2.75, 3.05) is 11.9 Å². The lowest BCUT2D eigenvalue weighted by Crippen LogP contribution is -2.02. The van der Waals surface area contributed by atoms with Gasteiger partial charge in [0.1, 0.15) is 5.82 Å². The van der Waals surface area contributed by atoms with Gasteiger partial charge in [-0.05, 0) is 30.9 Å². The van der Waals surface area contributed by atoms with Gasteiger partial charge in [0.25, 0.3) is 0 Å². The van der Waals surface area contributed by atoms with E-state index in [9.17, 15) is 0 Å². The van der Waals surface area contributed by atoms with E-state index in [-0.39, 0.29) is 0 Å². The van der Waals surface area contributed by atoms with E-state index in [1.54, 1.807) is 0 Å². The summed E-state index contributed by atoms with van der Waals surface area (Å²) in [7, 11) is 0. The Kier molecular flexibility index (Phi) is 2.80. The highest BCUT2D eigenvalue weighted by Gasteiger charge is 2.19. The second-order valence-corrected chi connectivity index (χ2v) is 3.73. The van der Waals surface area contributed by atoms with E-state index in [1.807, 2.05) is 24.4 Å². The van der Waals surface area contributed by atoms with Crippen molar-refractivity contribution < 1.29 is 0 Å². The molecule has 0 aromatic carbocycles. The first kappa shape index (κ1) is 8.54. The number of rotatable bonds is 5. The fraction of sp³-hybridized carbons (Fsp3) is 0.545. The van der Waals surface area contributed by atoms with E-state index >= 15 is 0 Å². The Bertz CT molecular complexity index is 242. The second-order valence-electron chi connectivity index (χ2n) is 3.73. The third-order valence-corrected chi connectivity index (χ3v) is 2.46. The average Bonchev–Trinajstić information content (AvgIpc) is 2.98. The number of pyridine rings is 1. The Labute approximate surface area is 79.4 Å². The number of aromatic nitrogens is 1. The van der Waals surface area contributed by atoms with Gasteiger partial charge in [0.15, 0.2) is 0 Å². The summed E-state index contributed by atoms with van der Waals surface area (Å²) >= 11 is 0. The van der Waals surface area contributed by atoms with E-state index in [2.05, 4.69) is 10.3 Å². The molecule has 2 heteroatoms. The second kappa shape index (κ2) is 4.26. The van der Waals surface area contributed by atoms with Crippen LogP contribution in [0.5, 0.6) is 0 Å². The fourth-order valence-electron chi connectivity index (χ4n) is 1.48. The van der Waals surface area contributed by atoms with Crippen LogP contribution in [0.15, 0.2) is 24.4 Å². The SMILES string of the molecule is c1ccc(NCCCC2CC2)nc1. The molecule has 1 aromatic rings. The summed E-state index contributed by atoms with van der Waals surface area (Å²) in [5.74, 6) is 2.05. The van der Waals surface area contributed by atoms with Crippen LogP contribution in [0.25, 0.3) is 0 Å². The van der Waals surface area contributed by atoms with Crippen LogP contribution in [0.2, 0.25) is 0 Å². The van der Waals surface area contributed by atoms with Gasteiger partial charge in [-0.2, -0.15) is 0 Å². The van der Waals surface area contributed by atoms with Gasteiger partial charge in [-0.3, -0.25) is 0 Å². The van der Waals surface area contributed by atoms with Crippen molar-refractivity contribution >= 4 is 5.82 Å². The van der Waals surface area contributed by atoms with Crippen LogP contribution in [0.1, 0.15) is 25.7 Å². The van der Waals surface area contributed by atoms with Crippen molar-refractivity contribution in [3.8, 4) is 0 Å². The van der Waals surface area contributed by atoms with Crippen molar-refractivity contribution in [2.24, 2.45) is 5.92 Å². The fourth-order valence-corrected chi connectivity index (χ4v) is 1.48. The summed E-state index contributed by atoms with van der Waals surface area (Å²) in [6.45, 7) is 1.06. The molecule has 0 unspecified atom stereocenters. The predicted octanol–water partition coefficient (Wildman–Crippen LogP) is 2.68. The number of anilines is 1. The smallest absolute Gasteiger partial charge is 0.125 e. The summed E-state index contributed by atoms with van der Waals surface area (Å²) in [4.78, 5) is 4.20. The molecule has 70 valence electrons. The molecule has 1 aliphatic carbocycles. The Morgan fingerprint density at radius 2 is 2.31 bits per heavy atom. The summed E-state index contributed by atoms with van der Waals surface area (Å²) < 4.78 is 0. The lowest BCUT2D eigenvalue weighted by molar-refractivity contribution is 0.686. The first-order valence-corrected chi connectivity index (χ1v) is 5.10. The molecule has 1 aromatic heterocycles. The van der Waals surface area contributed by atoms with Gasteiger partial charge in [-0.25, -0.2) is 4.98 Å². The lowest BCUT2D eigenvalue weighted by Gasteiger charge is -2.03. The standard InChI is InChI=1S/C11H16N2/c1-2-8-12-11(5-1)13-9-3-4-10-6-7-10/h1-2,5,8,10H,3-4,6-7,9H2,(H,12,13). The molecular weight excluding hydrogens is 160 g/mol. The third kappa shape index (κ3) is 3.05. The molecule has 1 saturated carbocycles. The van der Waals surface area contributed by atoms with E-state index in [0.29, 0.717) is 0 Å². The molecular formula is C11H16N2. The highest BCUT2D eigenvalue weighted by atomic mass is 15.0. The Balaban J connectivity index is 1.61. The van der Waals surface area contributed by atoms with Gasteiger partial charge < -0.3 is 5.32 Å². The van der Waals surface area contributed by atoms with Crippen LogP contribution in [0.4, 0.5) is 5.82 Å². The molecule has 0 amide bonds. The predicted molar refractivity (Wildman–Crippen MR) is 54.7 cm³/mol. The zero-order valence-electron chi connectivity index (χ0n) is 7.87. The van der Waals surface area contributed by atoms with Crippen molar-refractivity contribution in [2.45, 2.75) is 25.7 Å². The van der Waals surface area contributed by atoms with Crippen molar-refractivity contribution in [3.05, 3.63) is 24.4 Å². The molecule has 1 aliphatic rings. The van der Waals surface area contributed by atoms with Gasteiger partial charge in [0, 0.05) is 12.7 Å². The first-order valence-electron chi connectivity index (χ1n) is 5.10. The van der Waals surface area contributed by atoms with Gasteiger partial charge in [-0.1, -0.05) is 18.9 Å². The van der Waals surface area contributed by atoms with Gasteiger partial charge >= 0.3 is 0 Å². The molecule has 2 rings (SSSR count). The molecule has 0 saturated heterocycles. The van der Waals surface area contributed by atoms with Gasteiger partial charge in [-0.15, -0.1) is 0 Å². The molecule has 0 radical (unpaired) electrons. The van der Waals surface area contributed by atoms with Crippen molar-refractivity contribution in [1.82, 2.24) is 4.98 Å². The van der Waals surface area contributed by atoms with Gasteiger partial charge in [0.2, 0.25) is 0 Å². The minimum absolute atomic E-state index is 0.998. The first-order chi connectivity index (χ1) is 6.45. The summed E-state index contributed by atoms with van der Waals surface area (Å²) in [6, 6.07) is 5.96. The molecule has 1 N–H and O–H groups in total. The largest absolute Gasteiger partial charge is 0.370 e. The van der Waals surface area contributed by atoms with Gasteiger partial charge in [0.05, 0.1) is 0 Å². The molecule has 0 atom stereocenters. The topological polar surface area (TPSA) is 24.9 Å². The van der Waals surface area contributed by atoms with Crippen molar-refractivity contribution in [3.63, 3.8) is 0 Å². The quantitative estimate of drug-likeness (QED) is 0.698. The average molecular weight is 176 g/mol. The molecule has 0 aliphatic heterocycles. The van der Waals surface area contributed by atoms with E-state index in [1.165, 1.54) is 25.7 Å². The van der Waals surface area contributed by atoms with Crippen LogP contribution < -0.4 is 5.32 Å². The van der Waals surface area contributed by atoms with Crippen LogP contribution in [0.3, 0.4) is 0 Å². The maximum Gasteiger partial charge on any atom is 0.125 e. The van der Waals surface area contributed by atoms with Crippen LogP contribution in [-0.2, 0) is 0 Å². The summed E-state index contributed by atoms with van der Waals surface area (Å²) in [5, 5.41) is 3.32. The number of hydrogen-bond donors (Lipinski definition) is 1. The van der Waals surface area contributed by atoms with Crippen LogP contribution in [-0.4, -0.2) is 11.5 Å². The highest BCUT2D eigenvalue weighted by molar-refractivity contribution is 5.32. The van der Waals surface area contributed by atoms with Crippen molar-refractivity contribution in [1.29, 1.82) is 0 Å². The molecule has 1 fully saturated rings. The minimum atomic E-state index is 0.998. The monoisotopic (exact) mass is 176 g/mol. The molecule has 2 nitrogen and oxygen atoms in total. The molecule has 0 spiro atoms. The molecule has 1 heterocycles. The van der Waals surface area contributed by atoms with E-state index in [0.717, 1.165) is 18.3 Å². The van der Waals surface area contributed by atoms with E-state index in [4.69, 9.17) is 0 Å². The summed E-state index contributed by atoms with van der Waals surface area (Å²) in [6.07, 6.45) is 7.41. The maximum absolute atomic E-state index is 4.20. The number of nitrogens with one attached hydrogen (secondary N) is 1. The van der Waals surface area contributed by atoms with Crippen LogP contribution >= 0.6 is 0 Å². The lowest BCUT2D eigenvalue weighted by atomic mass is 10.2. The number of hydrogen-bond acceptors (Lipinski definition) is 2.